The van der Waals surface area contributed by atoms with Gasteiger partial charge in [0.25, 0.3) is 0 Å². The molecular weight excluding hydrogens is 164 g/mol. The molecule has 0 saturated carbocycles. The van der Waals surface area contributed by atoms with Crippen LogP contribution < -0.4 is 0 Å². The molecule has 0 amide bonds. The van der Waals surface area contributed by atoms with E-state index in [9.17, 15) is 0 Å². The summed E-state index contributed by atoms with van der Waals surface area (Å²) >= 11 is 0. The van der Waals surface area contributed by atoms with Gasteiger partial charge in [-0.2, -0.15) is 5.26 Å². The van der Waals surface area contributed by atoms with E-state index in [0.29, 0.717) is 13.3 Å². The van der Waals surface area contributed by atoms with Crippen LogP contribution in [0.1, 0.15) is 5.56 Å². The number of hydrogen-bond acceptors (Lipinski definition) is 3. The van der Waals surface area contributed by atoms with E-state index in [1.807, 2.05) is 36.5 Å². The number of ether oxygens (including phenoxy) is 1. The highest BCUT2D eigenvalue weighted by Gasteiger charge is 1.93. The predicted molar refractivity (Wildman–Crippen MR) is 49.5 cm³/mol. The molecule has 3 nitrogen and oxygen atoms in total. The summed E-state index contributed by atoms with van der Waals surface area (Å²) < 4.78 is 5.28. The topological polar surface area (TPSA) is 36.3 Å². The zero-order valence-corrected chi connectivity index (χ0v) is 7.60. The Balaban J connectivity index is 2.25. The van der Waals surface area contributed by atoms with E-state index in [-0.39, 0.29) is 0 Å². The van der Waals surface area contributed by atoms with Crippen LogP contribution in [0.3, 0.4) is 0 Å². The molecule has 1 aromatic rings. The smallest absolute Gasteiger partial charge is 0.181 e. The predicted octanol–water partition coefficient (Wildman–Crippen LogP) is 1.57. The molecule has 3 heteroatoms. The summed E-state index contributed by atoms with van der Waals surface area (Å²) in [5, 5.41) is 8.43. The second-order valence-corrected chi connectivity index (χ2v) is 2.76. The lowest BCUT2D eigenvalue weighted by atomic mass is 10.2. The first kappa shape index (κ1) is 9.56. The van der Waals surface area contributed by atoms with Gasteiger partial charge < -0.3 is 4.74 Å². The number of benzene rings is 1. The zero-order valence-electron chi connectivity index (χ0n) is 7.60. The van der Waals surface area contributed by atoms with Crippen LogP contribution in [0.15, 0.2) is 30.3 Å². The van der Waals surface area contributed by atoms with E-state index in [0.717, 1.165) is 5.56 Å². The van der Waals surface area contributed by atoms with Crippen molar-refractivity contribution in [3.63, 3.8) is 0 Å². The van der Waals surface area contributed by atoms with Gasteiger partial charge in [-0.1, -0.05) is 30.3 Å². The molecule has 0 bridgehead atoms. The molecule has 0 atom stereocenters. The van der Waals surface area contributed by atoms with E-state index >= 15 is 0 Å². The summed E-state index contributed by atoms with van der Waals surface area (Å²) in [6, 6.07) is 9.88. The van der Waals surface area contributed by atoms with E-state index in [4.69, 9.17) is 10.00 Å². The van der Waals surface area contributed by atoms with Gasteiger partial charge >= 0.3 is 0 Å². The average Bonchev–Trinajstić information content (AvgIpc) is 2.19. The minimum Gasteiger partial charge on any atom is -0.356 e. The van der Waals surface area contributed by atoms with Crippen molar-refractivity contribution in [3.8, 4) is 6.19 Å². The van der Waals surface area contributed by atoms with Crippen molar-refractivity contribution in [3.05, 3.63) is 35.9 Å². The third-order valence-electron chi connectivity index (χ3n) is 1.57. The third-order valence-corrected chi connectivity index (χ3v) is 1.57. The molecule has 13 heavy (non-hydrogen) atoms. The van der Waals surface area contributed by atoms with Crippen molar-refractivity contribution in [2.24, 2.45) is 0 Å². The molecule has 0 radical (unpaired) electrons. The SMILES string of the molecule is CN(C#N)COCc1ccccc1. The number of rotatable bonds is 4. The second kappa shape index (κ2) is 5.18. The molecule has 0 aliphatic heterocycles. The van der Waals surface area contributed by atoms with E-state index in [1.54, 1.807) is 7.05 Å². The molecule has 0 fully saturated rings. The van der Waals surface area contributed by atoms with Crippen molar-refractivity contribution in [1.82, 2.24) is 4.90 Å². The van der Waals surface area contributed by atoms with E-state index in [2.05, 4.69) is 0 Å². The van der Waals surface area contributed by atoms with Crippen molar-refractivity contribution in [2.45, 2.75) is 6.61 Å². The van der Waals surface area contributed by atoms with Crippen LogP contribution in [0.5, 0.6) is 0 Å². The van der Waals surface area contributed by atoms with Crippen LogP contribution in [-0.4, -0.2) is 18.7 Å². The summed E-state index contributed by atoms with van der Waals surface area (Å²) in [6.07, 6.45) is 1.96. The Morgan fingerprint density at radius 3 is 2.69 bits per heavy atom. The highest BCUT2D eigenvalue weighted by molar-refractivity contribution is 5.13. The maximum atomic E-state index is 8.43. The number of nitriles is 1. The fourth-order valence-electron chi connectivity index (χ4n) is 0.904. The van der Waals surface area contributed by atoms with Crippen LogP contribution in [-0.2, 0) is 11.3 Å². The Labute approximate surface area is 78.2 Å². The Morgan fingerprint density at radius 2 is 2.08 bits per heavy atom. The first-order valence-corrected chi connectivity index (χ1v) is 4.05. The summed E-state index contributed by atoms with van der Waals surface area (Å²) in [5.41, 5.74) is 1.12. The molecule has 0 saturated heterocycles. The number of hydrogen-bond donors (Lipinski definition) is 0. The first-order valence-electron chi connectivity index (χ1n) is 4.05. The average molecular weight is 176 g/mol. The third kappa shape index (κ3) is 3.59. The normalized spacial score (nSPS) is 9.23. The van der Waals surface area contributed by atoms with Gasteiger partial charge in [-0.25, -0.2) is 0 Å². The molecule has 0 spiro atoms. The standard InChI is InChI=1S/C10H12N2O/c1-12(8-11)9-13-7-10-5-3-2-4-6-10/h2-6H,7,9H2,1H3. The largest absolute Gasteiger partial charge is 0.356 e. The van der Waals surface area contributed by atoms with Crippen LogP contribution in [0.2, 0.25) is 0 Å². The van der Waals surface area contributed by atoms with Gasteiger partial charge in [0.15, 0.2) is 6.19 Å². The number of nitrogens with zero attached hydrogens (tertiary/aromatic N) is 2. The monoisotopic (exact) mass is 176 g/mol. The van der Waals surface area contributed by atoms with Gasteiger partial charge in [0.1, 0.15) is 6.73 Å². The molecule has 0 aromatic heterocycles. The maximum absolute atomic E-state index is 8.43. The quantitative estimate of drug-likeness (QED) is 0.397. The zero-order chi connectivity index (χ0) is 9.52. The summed E-state index contributed by atoms with van der Waals surface area (Å²) in [6.45, 7) is 0.887. The molecule has 0 heterocycles. The lowest BCUT2D eigenvalue weighted by molar-refractivity contribution is 0.0582. The summed E-state index contributed by atoms with van der Waals surface area (Å²) in [7, 11) is 1.69. The Morgan fingerprint density at radius 1 is 1.38 bits per heavy atom. The van der Waals surface area contributed by atoms with E-state index in [1.165, 1.54) is 4.90 Å². The van der Waals surface area contributed by atoms with Gasteiger partial charge in [-0.15, -0.1) is 0 Å². The molecule has 0 aliphatic carbocycles. The lowest BCUT2D eigenvalue weighted by Gasteiger charge is -2.08. The van der Waals surface area contributed by atoms with Crippen LogP contribution >= 0.6 is 0 Å². The van der Waals surface area contributed by atoms with E-state index < -0.39 is 0 Å². The van der Waals surface area contributed by atoms with Gasteiger partial charge in [-0.05, 0) is 5.56 Å². The van der Waals surface area contributed by atoms with Gasteiger partial charge in [0.05, 0.1) is 6.61 Å². The second-order valence-electron chi connectivity index (χ2n) is 2.76. The lowest BCUT2D eigenvalue weighted by Crippen LogP contribution is -2.15. The summed E-state index contributed by atoms with van der Waals surface area (Å²) in [4.78, 5) is 1.43. The van der Waals surface area contributed by atoms with Gasteiger partial charge in [0.2, 0.25) is 0 Å². The van der Waals surface area contributed by atoms with Gasteiger partial charge in [-0.3, -0.25) is 4.90 Å². The Hall–Kier alpha value is -1.53. The fourth-order valence-corrected chi connectivity index (χ4v) is 0.904. The summed E-state index contributed by atoms with van der Waals surface area (Å²) in [5.74, 6) is 0. The molecule has 0 aliphatic rings. The first-order chi connectivity index (χ1) is 6.33. The van der Waals surface area contributed by atoms with Crippen molar-refractivity contribution >= 4 is 0 Å². The Bertz CT molecular complexity index is 279. The van der Waals surface area contributed by atoms with Gasteiger partial charge in [0, 0.05) is 7.05 Å². The minimum atomic E-state index is 0.339. The molecule has 1 aromatic carbocycles. The molecular formula is C10H12N2O. The van der Waals surface area contributed by atoms with Crippen LogP contribution in [0.25, 0.3) is 0 Å². The molecule has 68 valence electrons. The van der Waals surface area contributed by atoms with Crippen molar-refractivity contribution in [2.75, 3.05) is 13.8 Å². The Kier molecular flexibility index (Phi) is 3.80. The van der Waals surface area contributed by atoms with Crippen molar-refractivity contribution in [1.29, 1.82) is 5.26 Å². The molecule has 1 rings (SSSR count). The van der Waals surface area contributed by atoms with Crippen LogP contribution in [0.4, 0.5) is 0 Å². The highest BCUT2D eigenvalue weighted by Crippen LogP contribution is 2.00. The van der Waals surface area contributed by atoms with Crippen molar-refractivity contribution < 1.29 is 4.74 Å². The maximum Gasteiger partial charge on any atom is 0.181 e. The van der Waals surface area contributed by atoms with Crippen LogP contribution in [0, 0.1) is 11.5 Å². The highest BCUT2D eigenvalue weighted by atomic mass is 16.5. The fraction of sp³-hybridized carbons (Fsp3) is 0.300. The molecule has 0 unspecified atom stereocenters. The minimum absolute atomic E-state index is 0.339. The molecule has 0 N–H and O–H groups in total.